The lowest BCUT2D eigenvalue weighted by molar-refractivity contribution is -0.384. The minimum absolute atomic E-state index is 0.0831. The van der Waals surface area contributed by atoms with Gasteiger partial charge >= 0.3 is 0 Å². The molecule has 6 heteroatoms. The van der Waals surface area contributed by atoms with E-state index in [2.05, 4.69) is 6.92 Å². The number of hydrogen-bond acceptors (Lipinski definition) is 5. The maximum absolute atomic E-state index is 10.7. The molecule has 1 rings (SSSR count). The Morgan fingerprint density at radius 1 is 1.26 bits per heavy atom. The zero-order valence-corrected chi connectivity index (χ0v) is 11.1. The Balaban J connectivity index is 2.33. The molecule has 0 bridgehead atoms. The molecule has 2 N–H and O–H groups in total. The van der Waals surface area contributed by atoms with Crippen molar-refractivity contribution in [3.05, 3.63) is 33.9 Å². The normalized spacial score (nSPS) is 10.6. The Morgan fingerprint density at radius 3 is 2.68 bits per heavy atom. The molecule has 6 nitrogen and oxygen atoms in total. The second-order valence-corrected chi connectivity index (χ2v) is 4.13. The number of para-hydroxylation sites is 1. The van der Waals surface area contributed by atoms with E-state index in [0.29, 0.717) is 18.8 Å². The highest BCUT2D eigenvalue weighted by Gasteiger charge is 2.13. The molecule has 0 spiro atoms. The summed E-state index contributed by atoms with van der Waals surface area (Å²) in [4.78, 5) is 10.2. The van der Waals surface area contributed by atoms with Gasteiger partial charge in [-0.3, -0.25) is 10.1 Å². The summed E-state index contributed by atoms with van der Waals surface area (Å²) in [5.74, 6) is 0. The predicted octanol–water partition coefficient (Wildman–Crippen LogP) is 2.51. The predicted molar refractivity (Wildman–Crippen MR) is 72.9 cm³/mol. The Hall–Kier alpha value is -1.66. The Kier molecular flexibility index (Phi) is 6.84. The minimum atomic E-state index is -0.493. The highest BCUT2D eigenvalue weighted by molar-refractivity contribution is 5.62. The van der Waals surface area contributed by atoms with Crippen molar-refractivity contribution in [1.82, 2.24) is 0 Å². The number of benzene rings is 1. The molecule has 19 heavy (non-hydrogen) atoms. The molecule has 0 unspecified atom stereocenters. The lowest BCUT2D eigenvalue weighted by Gasteiger charge is -2.07. The molecule has 0 aromatic heterocycles. The molecule has 0 aliphatic heterocycles. The van der Waals surface area contributed by atoms with E-state index in [1.165, 1.54) is 6.07 Å². The van der Waals surface area contributed by atoms with E-state index >= 15 is 0 Å². The molecule has 0 aliphatic rings. The van der Waals surface area contributed by atoms with E-state index in [-0.39, 0.29) is 18.0 Å². The van der Waals surface area contributed by atoms with Crippen LogP contribution in [0.2, 0.25) is 0 Å². The van der Waals surface area contributed by atoms with Gasteiger partial charge in [-0.25, -0.2) is 0 Å². The van der Waals surface area contributed by atoms with Crippen molar-refractivity contribution >= 4 is 11.4 Å². The first-order valence-corrected chi connectivity index (χ1v) is 6.34. The molecule has 0 radical (unpaired) electrons. The van der Waals surface area contributed by atoms with E-state index in [4.69, 9.17) is 15.2 Å². The fourth-order valence-electron chi connectivity index (χ4n) is 1.53. The van der Waals surface area contributed by atoms with Gasteiger partial charge in [0.15, 0.2) is 0 Å². The van der Waals surface area contributed by atoms with Crippen LogP contribution in [0.15, 0.2) is 18.2 Å². The molecule has 0 atom stereocenters. The van der Waals surface area contributed by atoms with Gasteiger partial charge in [0.2, 0.25) is 0 Å². The van der Waals surface area contributed by atoms with Crippen LogP contribution in [0.1, 0.15) is 25.3 Å². The summed E-state index contributed by atoms with van der Waals surface area (Å²) in [5, 5.41) is 10.7. The van der Waals surface area contributed by atoms with Gasteiger partial charge < -0.3 is 15.2 Å². The van der Waals surface area contributed by atoms with Gasteiger partial charge in [0.1, 0.15) is 5.69 Å². The Bertz CT molecular complexity index is 410. The number of hydrogen-bond donors (Lipinski definition) is 1. The third kappa shape index (κ3) is 5.23. The number of nitrogens with zero attached hydrogens (tertiary/aromatic N) is 1. The summed E-state index contributed by atoms with van der Waals surface area (Å²) >= 11 is 0. The van der Waals surface area contributed by atoms with Gasteiger partial charge in [-0.2, -0.15) is 0 Å². The number of rotatable bonds is 9. The fraction of sp³-hybridized carbons (Fsp3) is 0.538. The molecule has 0 heterocycles. The van der Waals surface area contributed by atoms with Gasteiger partial charge in [0, 0.05) is 18.2 Å². The van der Waals surface area contributed by atoms with Crippen molar-refractivity contribution < 1.29 is 14.4 Å². The molecule has 1 aromatic rings. The van der Waals surface area contributed by atoms with Crippen LogP contribution in [0, 0.1) is 10.1 Å². The number of nitrogens with two attached hydrogens (primary N) is 1. The molecule has 106 valence electrons. The Labute approximate surface area is 112 Å². The third-order valence-corrected chi connectivity index (χ3v) is 2.64. The molecule has 0 saturated carbocycles. The zero-order valence-electron chi connectivity index (χ0n) is 11.1. The molecule has 0 saturated heterocycles. The summed E-state index contributed by atoms with van der Waals surface area (Å²) < 4.78 is 10.7. The number of anilines is 1. The largest absolute Gasteiger partial charge is 0.393 e. The first kappa shape index (κ1) is 15.4. The van der Waals surface area contributed by atoms with Crippen molar-refractivity contribution in [2.24, 2.45) is 0 Å². The second-order valence-electron chi connectivity index (χ2n) is 4.13. The average molecular weight is 268 g/mol. The first-order valence-electron chi connectivity index (χ1n) is 6.34. The zero-order chi connectivity index (χ0) is 14.1. The van der Waals surface area contributed by atoms with Crippen molar-refractivity contribution in [3.8, 4) is 0 Å². The number of nitro benzene ring substituents is 1. The standard InChI is InChI=1S/C13H20N2O4/c1-2-3-7-18-8-9-19-10-11-5-4-6-12(13(11)14)15(16)17/h4-6H,2-3,7-10,14H2,1H3. The molecular formula is C13H20N2O4. The third-order valence-electron chi connectivity index (χ3n) is 2.64. The van der Waals surface area contributed by atoms with E-state index in [1.807, 2.05) is 0 Å². The average Bonchev–Trinajstić information content (AvgIpc) is 2.39. The van der Waals surface area contributed by atoms with Crippen molar-refractivity contribution in [1.29, 1.82) is 0 Å². The number of nitrogen functional groups attached to an aromatic ring is 1. The number of unbranched alkanes of at least 4 members (excludes halogenated alkanes) is 1. The van der Waals surface area contributed by atoms with Crippen LogP contribution in [0.25, 0.3) is 0 Å². The molecule has 0 aliphatic carbocycles. The van der Waals surface area contributed by atoms with Gasteiger partial charge in [-0.15, -0.1) is 0 Å². The SMILES string of the molecule is CCCCOCCOCc1cccc([N+](=O)[O-])c1N. The quantitative estimate of drug-likeness (QED) is 0.322. The number of nitro groups is 1. The lowest BCUT2D eigenvalue weighted by atomic mass is 10.1. The van der Waals surface area contributed by atoms with Crippen LogP contribution >= 0.6 is 0 Å². The van der Waals surface area contributed by atoms with Crippen LogP contribution in [0.3, 0.4) is 0 Å². The van der Waals surface area contributed by atoms with Crippen molar-refractivity contribution in [2.75, 3.05) is 25.6 Å². The van der Waals surface area contributed by atoms with E-state index in [9.17, 15) is 10.1 Å². The summed E-state index contributed by atoms with van der Waals surface area (Å²) in [7, 11) is 0. The highest BCUT2D eigenvalue weighted by atomic mass is 16.6. The van der Waals surface area contributed by atoms with Gasteiger partial charge in [0.25, 0.3) is 5.69 Å². The van der Waals surface area contributed by atoms with E-state index in [0.717, 1.165) is 19.4 Å². The van der Waals surface area contributed by atoms with Crippen LogP contribution in [0.4, 0.5) is 11.4 Å². The van der Waals surface area contributed by atoms with Crippen LogP contribution in [-0.2, 0) is 16.1 Å². The summed E-state index contributed by atoms with van der Waals surface area (Å²) in [6, 6.07) is 4.71. The second kappa shape index (κ2) is 8.44. The summed E-state index contributed by atoms with van der Waals surface area (Å²) in [5.41, 5.74) is 6.42. The van der Waals surface area contributed by atoms with Crippen LogP contribution in [-0.4, -0.2) is 24.7 Å². The van der Waals surface area contributed by atoms with Crippen molar-refractivity contribution in [2.45, 2.75) is 26.4 Å². The van der Waals surface area contributed by atoms with Crippen LogP contribution < -0.4 is 5.73 Å². The van der Waals surface area contributed by atoms with Crippen LogP contribution in [0.5, 0.6) is 0 Å². The molecule has 1 aromatic carbocycles. The monoisotopic (exact) mass is 268 g/mol. The van der Waals surface area contributed by atoms with E-state index < -0.39 is 4.92 Å². The molecule has 0 fully saturated rings. The smallest absolute Gasteiger partial charge is 0.292 e. The lowest BCUT2D eigenvalue weighted by Crippen LogP contribution is -2.07. The minimum Gasteiger partial charge on any atom is -0.393 e. The molecule has 0 amide bonds. The highest BCUT2D eigenvalue weighted by Crippen LogP contribution is 2.25. The maximum Gasteiger partial charge on any atom is 0.292 e. The maximum atomic E-state index is 10.7. The summed E-state index contributed by atoms with van der Waals surface area (Å²) in [6.45, 7) is 4.06. The fourth-order valence-corrected chi connectivity index (χ4v) is 1.53. The Morgan fingerprint density at radius 2 is 2.00 bits per heavy atom. The topological polar surface area (TPSA) is 87.6 Å². The van der Waals surface area contributed by atoms with E-state index in [1.54, 1.807) is 12.1 Å². The van der Waals surface area contributed by atoms with Gasteiger partial charge in [0.05, 0.1) is 24.7 Å². The number of ether oxygens (including phenoxy) is 2. The first-order chi connectivity index (χ1) is 9.16. The van der Waals surface area contributed by atoms with Gasteiger partial charge in [-0.1, -0.05) is 25.5 Å². The molecular weight excluding hydrogens is 248 g/mol. The van der Waals surface area contributed by atoms with Gasteiger partial charge in [-0.05, 0) is 6.42 Å². The summed E-state index contributed by atoms with van der Waals surface area (Å²) in [6.07, 6.45) is 2.14. The van der Waals surface area contributed by atoms with Crippen molar-refractivity contribution in [3.63, 3.8) is 0 Å².